The van der Waals surface area contributed by atoms with Crippen molar-refractivity contribution in [2.45, 2.75) is 51.5 Å². The molecule has 7 heteroatoms. The average Bonchev–Trinajstić information content (AvgIpc) is 3.32. The Bertz CT molecular complexity index is 1320. The van der Waals surface area contributed by atoms with Gasteiger partial charge in [-0.05, 0) is 67.6 Å². The van der Waals surface area contributed by atoms with Crippen molar-refractivity contribution in [1.29, 1.82) is 0 Å². The lowest BCUT2D eigenvalue weighted by Gasteiger charge is -2.11. The van der Waals surface area contributed by atoms with Gasteiger partial charge in [0, 0.05) is 25.6 Å². The van der Waals surface area contributed by atoms with Crippen LogP contribution in [0.2, 0.25) is 0 Å². The smallest absolute Gasteiger partial charge is 0.224 e. The van der Waals surface area contributed by atoms with Crippen LogP contribution in [-0.2, 0) is 24.2 Å². The van der Waals surface area contributed by atoms with Gasteiger partial charge < -0.3 is 24.1 Å². The fourth-order valence-electron chi connectivity index (χ4n) is 4.62. The minimum atomic E-state index is 0.0531. The number of nitrogens with one attached hydrogen (secondary N) is 1. The molecule has 7 nitrogen and oxygen atoms in total. The molecule has 0 unspecified atom stereocenters. The van der Waals surface area contributed by atoms with Crippen LogP contribution in [0.4, 0.5) is 0 Å². The van der Waals surface area contributed by atoms with E-state index in [1.807, 2.05) is 54.6 Å². The number of fused-ring (bicyclic) bond motifs is 1. The highest BCUT2D eigenvalue weighted by molar-refractivity contribution is 5.78. The molecule has 0 bridgehead atoms. The summed E-state index contributed by atoms with van der Waals surface area (Å²) in [4.78, 5) is 17.2. The van der Waals surface area contributed by atoms with Gasteiger partial charge in [-0.25, -0.2) is 4.98 Å². The summed E-state index contributed by atoms with van der Waals surface area (Å²) in [6, 6.07) is 23.7. The largest absolute Gasteiger partial charge is 0.497 e. The van der Waals surface area contributed by atoms with E-state index in [0.29, 0.717) is 19.6 Å². The zero-order valence-corrected chi connectivity index (χ0v) is 23.0. The maximum Gasteiger partial charge on any atom is 0.224 e. The summed E-state index contributed by atoms with van der Waals surface area (Å²) in [7, 11) is 3.30. The number of methoxy groups -OCH3 is 2. The highest BCUT2D eigenvalue weighted by Gasteiger charge is 2.10. The predicted octanol–water partition coefficient (Wildman–Crippen LogP) is 5.98. The third-order valence-corrected chi connectivity index (χ3v) is 6.74. The number of amides is 1. The number of carbonyl (C=O) groups is 1. The number of rotatable bonds is 16. The molecule has 0 fully saturated rings. The Hall–Kier alpha value is -4.00. The van der Waals surface area contributed by atoms with Gasteiger partial charge in [0.2, 0.25) is 5.91 Å². The van der Waals surface area contributed by atoms with Crippen LogP contribution in [0.1, 0.15) is 43.5 Å². The Balaban J connectivity index is 1.18. The molecule has 0 saturated carbocycles. The van der Waals surface area contributed by atoms with Crippen molar-refractivity contribution < 1.29 is 19.0 Å². The summed E-state index contributed by atoms with van der Waals surface area (Å²) in [6.07, 6.45) is 6.32. The Kier molecular flexibility index (Phi) is 10.6. The van der Waals surface area contributed by atoms with Gasteiger partial charge in [-0.15, -0.1) is 0 Å². The van der Waals surface area contributed by atoms with Crippen molar-refractivity contribution in [3.63, 3.8) is 0 Å². The number of hydrogen-bond donors (Lipinski definition) is 1. The minimum Gasteiger partial charge on any atom is -0.497 e. The number of aryl methyl sites for hydroxylation is 2. The van der Waals surface area contributed by atoms with E-state index in [2.05, 4.69) is 28.1 Å². The van der Waals surface area contributed by atoms with Gasteiger partial charge in [-0.1, -0.05) is 36.8 Å². The van der Waals surface area contributed by atoms with Crippen molar-refractivity contribution in [1.82, 2.24) is 14.9 Å². The number of imidazole rings is 1. The number of aromatic nitrogens is 2. The number of ether oxygens (including phenoxy) is 3. The van der Waals surface area contributed by atoms with E-state index in [-0.39, 0.29) is 5.91 Å². The third-order valence-electron chi connectivity index (χ3n) is 6.74. The van der Waals surface area contributed by atoms with E-state index >= 15 is 0 Å². The first kappa shape index (κ1) is 28.0. The molecule has 0 atom stereocenters. The Labute approximate surface area is 231 Å². The fourth-order valence-corrected chi connectivity index (χ4v) is 4.62. The second kappa shape index (κ2) is 14.8. The number of para-hydroxylation sites is 2. The SMILES string of the molecule is COc1ccc(CC(=O)NCCCCCc2nc3ccccc3n2CCCCOc2cccc(OC)c2)cc1. The highest BCUT2D eigenvalue weighted by Crippen LogP contribution is 2.21. The topological polar surface area (TPSA) is 74.6 Å². The maximum atomic E-state index is 12.3. The van der Waals surface area contributed by atoms with Crippen molar-refractivity contribution in [3.8, 4) is 17.2 Å². The molecule has 1 N–H and O–H groups in total. The average molecular weight is 530 g/mol. The van der Waals surface area contributed by atoms with Crippen LogP contribution in [0.5, 0.6) is 17.2 Å². The molecular weight excluding hydrogens is 490 g/mol. The monoisotopic (exact) mass is 529 g/mol. The van der Waals surface area contributed by atoms with E-state index in [1.165, 1.54) is 5.52 Å². The van der Waals surface area contributed by atoms with E-state index in [9.17, 15) is 4.79 Å². The number of hydrogen-bond acceptors (Lipinski definition) is 5. The van der Waals surface area contributed by atoms with E-state index in [4.69, 9.17) is 19.2 Å². The lowest BCUT2D eigenvalue weighted by atomic mass is 10.1. The quantitative estimate of drug-likeness (QED) is 0.181. The molecule has 1 heterocycles. The van der Waals surface area contributed by atoms with Gasteiger partial charge in [-0.3, -0.25) is 4.79 Å². The van der Waals surface area contributed by atoms with Crippen LogP contribution < -0.4 is 19.5 Å². The van der Waals surface area contributed by atoms with Crippen molar-refractivity contribution >= 4 is 16.9 Å². The maximum absolute atomic E-state index is 12.3. The summed E-state index contributed by atoms with van der Waals surface area (Å²) in [5, 5.41) is 3.04. The molecule has 4 rings (SSSR count). The third kappa shape index (κ3) is 8.50. The Morgan fingerprint density at radius 2 is 1.62 bits per heavy atom. The van der Waals surface area contributed by atoms with Crippen molar-refractivity contribution in [3.05, 3.63) is 84.2 Å². The Morgan fingerprint density at radius 1 is 0.821 bits per heavy atom. The van der Waals surface area contributed by atoms with E-state index < -0.39 is 0 Å². The lowest BCUT2D eigenvalue weighted by Crippen LogP contribution is -2.26. The van der Waals surface area contributed by atoms with Crippen LogP contribution in [0.25, 0.3) is 11.0 Å². The van der Waals surface area contributed by atoms with Crippen LogP contribution in [-0.4, -0.2) is 42.8 Å². The standard InChI is InChI=1S/C32H39N3O4/c1-37-26-18-16-25(17-19-26)23-32(36)33-20-7-3-4-15-31-34-29-13-5-6-14-30(29)35(31)21-8-9-22-39-28-12-10-11-27(24-28)38-2/h5-6,10-14,16-19,24H,3-4,7-9,15,20-23H2,1-2H3,(H,33,36). The molecular formula is C32H39N3O4. The van der Waals surface area contributed by atoms with Gasteiger partial charge in [0.1, 0.15) is 23.1 Å². The molecule has 3 aromatic carbocycles. The van der Waals surface area contributed by atoms with Gasteiger partial charge in [0.05, 0.1) is 38.3 Å². The summed E-state index contributed by atoms with van der Waals surface area (Å²) in [5.74, 6) is 3.62. The first-order valence-corrected chi connectivity index (χ1v) is 13.8. The molecule has 0 aliphatic rings. The first-order chi connectivity index (χ1) is 19.2. The molecule has 39 heavy (non-hydrogen) atoms. The normalized spacial score (nSPS) is 10.9. The zero-order chi connectivity index (χ0) is 27.3. The summed E-state index contributed by atoms with van der Waals surface area (Å²) in [6.45, 7) is 2.27. The van der Waals surface area contributed by atoms with Crippen LogP contribution in [0, 0.1) is 0 Å². The molecule has 206 valence electrons. The second-order valence-electron chi connectivity index (χ2n) is 9.59. The number of unbranched alkanes of at least 4 members (excludes halogenated alkanes) is 3. The molecule has 0 radical (unpaired) electrons. The molecule has 0 saturated heterocycles. The fraction of sp³-hybridized carbons (Fsp3) is 0.375. The van der Waals surface area contributed by atoms with Crippen molar-refractivity contribution in [2.24, 2.45) is 0 Å². The molecule has 0 aliphatic carbocycles. The van der Waals surface area contributed by atoms with Gasteiger partial charge in [0.15, 0.2) is 0 Å². The number of carbonyl (C=O) groups excluding carboxylic acids is 1. The minimum absolute atomic E-state index is 0.0531. The van der Waals surface area contributed by atoms with Crippen LogP contribution in [0.3, 0.4) is 0 Å². The molecule has 0 aliphatic heterocycles. The highest BCUT2D eigenvalue weighted by atomic mass is 16.5. The van der Waals surface area contributed by atoms with E-state index in [1.54, 1.807) is 14.2 Å². The van der Waals surface area contributed by atoms with Crippen molar-refractivity contribution in [2.75, 3.05) is 27.4 Å². The first-order valence-electron chi connectivity index (χ1n) is 13.8. The summed E-state index contributed by atoms with van der Waals surface area (Å²) in [5.41, 5.74) is 3.22. The second-order valence-corrected chi connectivity index (χ2v) is 9.59. The molecule has 1 aromatic heterocycles. The molecule has 1 amide bonds. The lowest BCUT2D eigenvalue weighted by molar-refractivity contribution is -0.120. The molecule has 0 spiro atoms. The van der Waals surface area contributed by atoms with Crippen LogP contribution >= 0.6 is 0 Å². The zero-order valence-electron chi connectivity index (χ0n) is 23.0. The van der Waals surface area contributed by atoms with Gasteiger partial charge in [-0.2, -0.15) is 0 Å². The summed E-state index contributed by atoms with van der Waals surface area (Å²) >= 11 is 0. The predicted molar refractivity (Wildman–Crippen MR) is 155 cm³/mol. The van der Waals surface area contributed by atoms with Gasteiger partial charge in [0.25, 0.3) is 0 Å². The summed E-state index contributed by atoms with van der Waals surface area (Å²) < 4.78 is 18.7. The van der Waals surface area contributed by atoms with E-state index in [0.717, 1.165) is 79.2 Å². The molecule has 4 aromatic rings. The van der Waals surface area contributed by atoms with Gasteiger partial charge >= 0.3 is 0 Å². The number of nitrogens with zero attached hydrogens (tertiary/aromatic N) is 2. The number of benzene rings is 3. The van der Waals surface area contributed by atoms with Crippen LogP contribution in [0.15, 0.2) is 72.8 Å². The Morgan fingerprint density at radius 3 is 2.44 bits per heavy atom.